The van der Waals surface area contributed by atoms with Crippen LogP contribution in [0.5, 0.6) is 0 Å². The summed E-state index contributed by atoms with van der Waals surface area (Å²) in [7, 11) is -3.86. The summed E-state index contributed by atoms with van der Waals surface area (Å²) in [6.45, 7) is 0. The Kier molecular flexibility index (Phi) is 4.06. The van der Waals surface area contributed by atoms with E-state index in [1.807, 2.05) is 0 Å². The Hall–Kier alpha value is -2.38. The van der Waals surface area contributed by atoms with Crippen molar-refractivity contribution in [1.82, 2.24) is 9.97 Å². The van der Waals surface area contributed by atoms with E-state index in [9.17, 15) is 13.2 Å². The van der Waals surface area contributed by atoms with Crippen molar-refractivity contribution in [3.8, 4) is 0 Å². The highest BCUT2D eigenvalue weighted by molar-refractivity contribution is 7.92. The van der Waals surface area contributed by atoms with Gasteiger partial charge in [-0.1, -0.05) is 29.8 Å². The summed E-state index contributed by atoms with van der Waals surface area (Å²) in [6.07, 6.45) is 0. The molecule has 0 bridgehead atoms. The number of carbonyl (C=O) groups is 1. The molecular formula is C15H12ClN3O3S. The van der Waals surface area contributed by atoms with Gasteiger partial charge in [-0.25, -0.2) is 13.4 Å². The molecule has 8 heteroatoms. The van der Waals surface area contributed by atoms with Crippen molar-refractivity contribution >= 4 is 44.1 Å². The third kappa shape index (κ3) is 3.52. The summed E-state index contributed by atoms with van der Waals surface area (Å²) in [5.74, 6) is -1.37. The molecule has 3 aromatic rings. The Bertz CT molecular complexity index is 949. The fourth-order valence-corrected chi connectivity index (χ4v) is 3.33. The van der Waals surface area contributed by atoms with Crippen LogP contribution in [-0.2, 0) is 14.6 Å². The lowest BCUT2D eigenvalue weighted by Gasteiger charge is -2.05. The minimum Gasteiger partial charge on any atom is -0.329 e. The second-order valence-electron chi connectivity index (χ2n) is 4.88. The van der Waals surface area contributed by atoms with E-state index in [1.54, 1.807) is 42.5 Å². The van der Waals surface area contributed by atoms with E-state index in [4.69, 9.17) is 11.6 Å². The standard InChI is InChI=1S/C15H12ClN3O3S/c16-10-4-3-5-11(8-10)17-14(20)9-23(21,22)15-18-12-6-1-2-7-13(12)19-15/h1-8H,9H2,(H,17,20)(H,18,19). The first kappa shape index (κ1) is 15.5. The lowest BCUT2D eigenvalue weighted by Crippen LogP contribution is -2.23. The molecule has 0 fully saturated rings. The Morgan fingerprint density at radius 3 is 2.70 bits per heavy atom. The van der Waals surface area contributed by atoms with Crippen LogP contribution in [0.25, 0.3) is 11.0 Å². The number of halogens is 1. The molecule has 0 saturated carbocycles. The first-order valence-electron chi connectivity index (χ1n) is 6.67. The van der Waals surface area contributed by atoms with E-state index in [1.165, 1.54) is 6.07 Å². The molecule has 3 rings (SSSR count). The summed E-state index contributed by atoms with van der Waals surface area (Å²) in [5, 5.41) is 2.72. The van der Waals surface area contributed by atoms with E-state index in [-0.39, 0.29) is 5.16 Å². The molecule has 2 N–H and O–H groups in total. The van der Waals surface area contributed by atoms with Crippen LogP contribution >= 0.6 is 11.6 Å². The predicted molar refractivity (Wildman–Crippen MR) is 88.2 cm³/mol. The van der Waals surface area contributed by atoms with Gasteiger partial charge in [0, 0.05) is 10.7 Å². The van der Waals surface area contributed by atoms with Gasteiger partial charge in [0.25, 0.3) is 0 Å². The molecule has 0 aliphatic rings. The van der Waals surface area contributed by atoms with Gasteiger partial charge in [-0.2, -0.15) is 0 Å². The molecule has 6 nitrogen and oxygen atoms in total. The Morgan fingerprint density at radius 1 is 1.17 bits per heavy atom. The molecule has 0 unspecified atom stereocenters. The zero-order chi connectivity index (χ0) is 16.4. The number of benzene rings is 2. The summed E-state index contributed by atoms with van der Waals surface area (Å²) in [5.41, 5.74) is 1.56. The smallest absolute Gasteiger partial charge is 0.240 e. The molecule has 2 aromatic carbocycles. The number of anilines is 1. The number of fused-ring (bicyclic) bond motifs is 1. The number of imidazole rings is 1. The van der Waals surface area contributed by atoms with Crippen molar-refractivity contribution in [3.05, 3.63) is 53.6 Å². The maximum Gasteiger partial charge on any atom is 0.240 e. The molecule has 0 saturated heterocycles. The van der Waals surface area contributed by atoms with Crippen LogP contribution in [0.15, 0.2) is 53.7 Å². The van der Waals surface area contributed by atoms with Crippen LogP contribution in [0.1, 0.15) is 0 Å². The second-order valence-corrected chi connectivity index (χ2v) is 7.22. The highest BCUT2D eigenvalue weighted by Gasteiger charge is 2.23. The van der Waals surface area contributed by atoms with Crippen molar-refractivity contribution in [3.63, 3.8) is 0 Å². The van der Waals surface area contributed by atoms with Crippen LogP contribution in [0.2, 0.25) is 5.02 Å². The van der Waals surface area contributed by atoms with Gasteiger partial charge in [0.05, 0.1) is 11.0 Å². The Labute approximate surface area is 137 Å². The molecule has 0 radical (unpaired) electrons. The maximum atomic E-state index is 12.3. The number of aromatic nitrogens is 2. The number of hydrogen-bond acceptors (Lipinski definition) is 4. The lowest BCUT2D eigenvalue weighted by molar-refractivity contribution is -0.113. The summed E-state index contributed by atoms with van der Waals surface area (Å²) >= 11 is 5.82. The van der Waals surface area contributed by atoms with E-state index < -0.39 is 21.5 Å². The number of rotatable bonds is 4. The minimum atomic E-state index is -3.86. The Balaban J connectivity index is 1.79. The highest BCUT2D eigenvalue weighted by atomic mass is 35.5. The van der Waals surface area contributed by atoms with Crippen molar-refractivity contribution in [2.45, 2.75) is 5.16 Å². The maximum absolute atomic E-state index is 12.3. The summed E-state index contributed by atoms with van der Waals surface area (Å²) in [4.78, 5) is 18.7. The van der Waals surface area contributed by atoms with Crippen molar-refractivity contribution in [1.29, 1.82) is 0 Å². The third-order valence-electron chi connectivity index (χ3n) is 3.09. The molecule has 1 aromatic heterocycles. The zero-order valence-electron chi connectivity index (χ0n) is 11.8. The average Bonchev–Trinajstić information content (AvgIpc) is 2.91. The largest absolute Gasteiger partial charge is 0.329 e. The monoisotopic (exact) mass is 349 g/mol. The normalized spacial score (nSPS) is 11.5. The van der Waals surface area contributed by atoms with Gasteiger partial charge < -0.3 is 10.3 Å². The van der Waals surface area contributed by atoms with Gasteiger partial charge in [0.15, 0.2) is 0 Å². The molecule has 23 heavy (non-hydrogen) atoms. The molecule has 0 spiro atoms. The second kappa shape index (κ2) is 6.02. The number of nitrogens with one attached hydrogen (secondary N) is 2. The SMILES string of the molecule is O=C(CS(=O)(=O)c1nc2ccccc2[nH]1)Nc1cccc(Cl)c1. The topological polar surface area (TPSA) is 91.9 Å². The molecule has 1 heterocycles. The third-order valence-corrected chi connectivity index (χ3v) is 4.75. The van der Waals surface area contributed by atoms with E-state index in [0.717, 1.165) is 0 Å². The highest BCUT2D eigenvalue weighted by Crippen LogP contribution is 2.17. The fraction of sp³-hybridized carbons (Fsp3) is 0.0667. The number of H-pyrrole nitrogens is 1. The molecule has 0 aliphatic heterocycles. The number of aromatic amines is 1. The van der Waals surface area contributed by atoms with Crippen LogP contribution in [-0.4, -0.2) is 30.0 Å². The molecule has 118 valence electrons. The number of para-hydroxylation sites is 2. The lowest BCUT2D eigenvalue weighted by atomic mass is 10.3. The zero-order valence-corrected chi connectivity index (χ0v) is 13.4. The van der Waals surface area contributed by atoms with Gasteiger partial charge in [-0.3, -0.25) is 4.79 Å². The summed E-state index contributed by atoms with van der Waals surface area (Å²) in [6, 6.07) is 13.4. The number of amides is 1. The van der Waals surface area contributed by atoms with Gasteiger partial charge >= 0.3 is 0 Å². The fourth-order valence-electron chi connectivity index (χ4n) is 2.08. The van der Waals surface area contributed by atoms with Crippen LogP contribution in [0, 0.1) is 0 Å². The number of nitrogens with zero attached hydrogens (tertiary/aromatic N) is 1. The molecule has 1 amide bonds. The quantitative estimate of drug-likeness (QED) is 0.757. The molecule has 0 atom stereocenters. The van der Waals surface area contributed by atoms with Crippen LogP contribution < -0.4 is 5.32 Å². The van der Waals surface area contributed by atoms with Gasteiger partial charge in [0.1, 0.15) is 5.75 Å². The van der Waals surface area contributed by atoms with Crippen molar-refractivity contribution in [2.75, 3.05) is 11.1 Å². The van der Waals surface area contributed by atoms with Gasteiger partial charge in [-0.05, 0) is 30.3 Å². The average molecular weight is 350 g/mol. The molecular weight excluding hydrogens is 338 g/mol. The van der Waals surface area contributed by atoms with Crippen LogP contribution in [0.3, 0.4) is 0 Å². The Morgan fingerprint density at radius 2 is 1.96 bits per heavy atom. The number of sulfone groups is 1. The van der Waals surface area contributed by atoms with Gasteiger partial charge in [-0.15, -0.1) is 0 Å². The summed E-state index contributed by atoms with van der Waals surface area (Å²) < 4.78 is 24.6. The molecule has 0 aliphatic carbocycles. The van der Waals surface area contributed by atoms with E-state index >= 15 is 0 Å². The van der Waals surface area contributed by atoms with Crippen molar-refractivity contribution < 1.29 is 13.2 Å². The first-order chi connectivity index (χ1) is 10.9. The predicted octanol–water partition coefficient (Wildman–Crippen LogP) is 2.63. The van der Waals surface area contributed by atoms with Gasteiger partial charge in [0.2, 0.25) is 20.9 Å². The number of hydrogen-bond donors (Lipinski definition) is 2. The first-order valence-corrected chi connectivity index (χ1v) is 8.70. The van der Waals surface area contributed by atoms with E-state index in [2.05, 4.69) is 15.3 Å². The minimum absolute atomic E-state index is 0.222. The van der Waals surface area contributed by atoms with E-state index in [0.29, 0.717) is 21.7 Å². The van der Waals surface area contributed by atoms with Crippen molar-refractivity contribution in [2.24, 2.45) is 0 Å². The number of carbonyl (C=O) groups excluding carboxylic acids is 1. The van der Waals surface area contributed by atoms with Crippen LogP contribution in [0.4, 0.5) is 5.69 Å².